The molecule has 1 amide bonds. The van der Waals surface area contributed by atoms with Crippen molar-refractivity contribution in [2.45, 2.75) is 0 Å². The lowest BCUT2D eigenvalue weighted by atomic mass is 10.2. The molecule has 0 spiro atoms. The zero-order valence-electron chi connectivity index (χ0n) is 12.3. The molecule has 0 fully saturated rings. The van der Waals surface area contributed by atoms with E-state index in [0.717, 1.165) is 4.47 Å². The Balaban J connectivity index is 1.93. The Morgan fingerprint density at radius 3 is 2.71 bits per heavy atom. The van der Waals surface area contributed by atoms with Crippen LogP contribution in [0.2, 0.25) is 0 Å². The predicted molar refractivity (Wildman–Crippen MR) is 91.4 cm³/mol. The average Bonchev–Trinajstić information content (AvgIpc) is 2.57. The number of nitrogens with two attached hydrogens (primary N) is 1. The van der Waals surface area contributed by atoms with Crippen LogP contribution >= 0.6 is 15.9 Å². The minimum Gasteiger partial charge on any atom is -0.484 e. The van der Waals surface area contributed by atoms with Gasteiger partial charge in [-0.05, 0) is 40.2 Å². The molecule has 0 radical (unpaired) electrons. The largest absolute Gasteiger partial charge is 0.484 e. The van der Waals surface area contributed by atoms with Crippen molar-refractivity contribution in [1.29, 1.82) is 0 Å². The highest BCUT2D eigenvalue weighted by Crippen LogP contribution is 2.29. The molecule has 0 atom stereocenters. The van der Waals surface area contributed by atoms with E-state index in [1.54, 1.807) is 30.3 Å². The van der Waals surface area contributed by atoms with E-state index in [1.165, 1.54) is 12.3 Å². The van der Waals surface area contributed by atoms with Gasteiger partial charge in [-0.2, -0.15) is 0 Å². The van der Waals surface area contributed by atoms with Crippen LogP contribution in [0.25, 0.3) is 11.0 Å². The van der Waals surface area contributed by atoms with Gasteiger partial charge in [0.25, 0.3) is 5.91 Å². The zero-order valence-corrected chi connectivity index (χ0v) is 13.9. The first-order valence-electron chi connectivity index (χ1n) is 6.93. The van der Waals surface area contributed by atoms with E-state index in [2.05, 4.69) is 15.9 Å². The third-order valence-corrected chi connectivity index (χ3v) is 3.81. The molecule has 3 aromatic rings. The lowest BCUT2D eigenvalue weighted by Gasteiger charge is -2.08. The summed E-state index contributed by atoms with van der Waals surface area (Å²) in [7, 11) is 0. The van der Waals surface area contributed by atoms with Crippen molar-refractivity contribution in [2.24, 2.45) is 5.73 Å². The van der Waals surface area contributed by atoms with E-state index >= 15 is 0 Å². The van der Waals surface area contributed by atoms with Gasteiger partial charge in [0, 0.05) is 6.07 Å². The maximum atomic E-state index is 12.5. The first kappa shape index (κ1) is 16.1. The molecule has 6 nitrogen and oxygen atoms in total. The number of fused-ring (bicyclic) bond motifs is 1. The molecule has 24 heavy (non-hydrogen) atoms. The number of hydrogen-bond donors (Lipinski definition) is 1. The molecular weight excluding hydrogens is 378 g/mol. The van der Waals surface area contributed by atoms with Crippen LogP contribution in [-0.4, -0.2) is 12.5 Å². The standard InChI is InChI=1S/C17H12BrNO5/c18-12-3-1-2-4-13(12)24-15-8-23-14-7-10(22-9-16(19)20)5-6-11(14)17(15)21/h1-8H,9H2,(H2,19,20). The number of para-hydroxylation sites is 1. The maximum absolute atomic E-state index is 12.5. The summed E-state index contributed by atoms with van der Waals surface area (Å²) in [4.78, 5) is 23.2. The van der Waals surface area contributed by atoms with E-state index < -0.39 is 5.91 Å². The minimum atomic E-state index is -0.589. The Morgan fingerprint density at radius 2 is 1.96 bits per heavy atom. The lowest BCUT2D eigenvalue weighted by molar-refractivity contribution is -0.119. The number of hydrogen-bond acceptors (Lipinski definition) is 5. The number of carbonyl (C=O) groups excluding carboxylic acids is 1. The van der Waals surface area contributed by atoms with Crippen molar-refractivity contribution in [3.63, 3.8) is 0 Å². The van der Waals surface area contributed by atoms with Crippen LogP contribution in [-0.2, 0) is 4.79 Å². The maximum Gasteiger partial charge on any atom is 0.255 e. The topological polar surface area (TPSA) is 91.8 Å². The second-order valence-electron chi connectivity index (χ2n) is 4.87. The molecule has 1 heterocycles. The van der Waals surface area contributed by atoms with Crippen molar-refractivity contribution in [3.05, 3.63) is 63.4 Å². The molecule has 3 rings (SSSR count). The molecule has 0 aliphatic heterocycles. The summed E-state index contributed by atoms with van der Waals surface area (Å²) in [5.41, 5.74) is 5.03. The van der Waals surface area contributed by atoms with Gasteiger partial charge in [0.2, 0.25) is 11.2 Å². The van der Waals surface area contributed by atoms with Crippen LogP contribution in [0.5, 0.6) is 17.2 Å². The van der Waals surface area contributed by atoms with E-state index in [1.807, 2.05) is 6.07 Å². The summed E-state index contributed by atoms with van der Waals surface area (Å²) >= 11 is 3.35. The number of carbonyl (C=O) groups is 1. The molecule has 0 saturated heterocycles. The lowest BCUT2D eigenvalue weighted by Crippen LogP contribution is -2.20. The smallest absolute Gasteiger partial charge is 0.255 e. The van der Waals surface area contributed by atoms with E-state index in [-0.39, 0.29) is 17.8 Å². The van der Waals surface area contributed by atoms with Gasteiger partial charge < -0.3 is 19.6 Å². The van der Waals surface area contributed by atoms with Gasteiger partial charge >= 0.3 is 0 Å². The van der Waals surface area contributed by atoms with E-state index in [4.69, 9.17) is 19.6 Å². The fraction of sp³-hybridized carbons (Fsp3) is 0.0588. The summed E-state index contributed by atoms with van der Waals surface area (Å²) < 4.78 is 17.0. The third-order valence-electron chi connectivity index (χ3n) is 3.15. The van der Waals surface area contributed by atoms with Crippen molar-refractivity contribution >= 4 is 32.8 Å². The van der Waals surface area contributed by atoms with Crippen molar-refractivity contribution < 1.29 is 18.7 Å². The first-order valence-corrected chi connectivity index (χ1v) is 7.73. The first-order chi connectivity index (χ1) is 11.5. The average molecular weight is 390 g/mol. The number of amides is 1. The molecule has 0 unspecified atom stereocenters. The van der Waals surface area contributed by atoms with Gasteiger partial charge in [-0.15, -0.1) is 0 Å². The summed E-state index contributed by atoms with van der Waals surface area (Å²) in [6, 6.07) is 11.8. The van der Waals surface area contributed by atoms with Crippen molar-refractivity contribution in [1.82, 2.24) is 0 Å². The fourth-order valence-electron chi connectivity index (χ4n) is 2.05. The molecule has 2 N–H and O–H groups in total. The quantitative estimate of drug-likeness (QED) is 0.723. The monoisotopic (exact) mass is 389 g/mol. The Labute approximate surface area is 144 Å². The van der Waals surface area contributed by atoms with Crippen LogP contribution in [0.1, 0.15) is 0 Å². The number of benzene rings is 2. The number of ether oxygens (including phenoxy) is 2. The molecule has 0 aliphatic rings. The Kier molecular flexibility index (Phi) is 4.52. The normalized spacial score (nSPS) is 10.5. The molecule has 0 saturated carbocycles. The van der Waals surface area contributed by atoms with Gasteiger partial charge in [0.1, 0.15) is 23.3 Å². The SMILES string of the molecule is NC(=O)COc1ccc2c(=O)c(Oc3ccccc3Br)coc2c1. The van der Waals surface area contributed by atoms with Crippen LogP contribution in [0.4, 0.5) is 0 Å². The number of rotatable bonds is 5. The highest BCUT2D eigenvalue weighted by Gasteiger charge is 2.11. The molecule has 2 aromatic carbocycles. The summed E-state index contributed by atoms with van der Waals surface area (Å²) in [6.45, 7) is -0.251. The molecule has 1 aromatic heterocycles. The van der Waals surface area contributed by atoms with Gasteiger partial charge in [-0.25, -0.2) is 0 Å². The molecule has 122 valence electrons. The summed E-state index contributed by atoms with van der Waals surface area (Å²) in [6.07, 6.45) is 1.24. The fourth-order valence-corrected chi connectivity index (χ4v) is 2.42. The van der Waals surface area contributed by atoms with Gasteiger partial charge in [-0.1, -0.05) is 12.1 Å². The van der Waals surface area contributed by atoms with Gasteiger partial charge in [-0.3, -0.25) is 9.59 Å². The second kappa shape index (κ2) is 6.76. The van der Waals surface area contributed by atoms with E-state index in [0.29, 0.717) is 22.5 Å². The highest BCUT2D eigenvalue weighted by molar-refractivity contribution is 9.10. The predicted octanol–water partition coefficient (Wildman–Crippen LogP) is 3.21. The summed E-state index contributed by atoms with van der Waals surface area (Å²) in [5, 5.41) is 0.339. The molecular formula is C17H12BrNO5. The van der Waals surface area contributed by atoms with Crippen LogP contribution in [0, 0.1) is 0 Å². The van der Waals surface area contributed by atoms with Crippen LogP contribution < -0.4 is 20.6 Å². The Bertz CT molecular complexity index is 967. The van der Waals surface area contributed by atoms with E-state index in [9.17, 15) is 9.59 Å². The van der Waals surface area contributed by atoms with Crippen LogP contribution in [0.3, 0.4) is 0 Å². The van der Waals surface area contributed by atoms with Crippen LogP contribution in [0.15, 0.2) is 62.4 Å². The Hall–Kier alpha value is -2.80. The Morgan fingerprint density at radius 1 is 1.17 bits per heavy atom. The van der Waals surface area contributed by atoms with Gasteiger partial charge in [0.15, 0.2) is 6.61 Å². The summed E-state index contributed by atoms with van der Waals surface area (Å²) in [5.74, 6) is 0.364. The second-order valence-corrected chi connectivity index (χ2v) is 5.73. The molecule has 0 bridgehead atoms. The third kappa shape index (κ3) is 3.41. The zero-order chi connectivity index (χ0) is 17.1. The minimum absolute atomic E-state index is 0.0696. The highest BCUT2D eigenvalue weighted by atomic mass is 79.9. The van der Waals surface area contributed by atoms with Crippen molar-refractivity contribution in [3.8, 4) is 17.2 Å². The number of primary amides is 1. The molecule has 0 aliphatic carbocycles. The molecule has 7 heteroatoms. The van der Waals surface area contributed by atoms with Crippen molar-refractivity contribution in [2.75, 3.05) is 6.61 Å². The van der Waals surface area contributed by atoms with Gasteiger partial charge in [0.05, 0.1) is 9.86 Å². The number of halogens is 1.